The van der Waals surface area contributed by atoms with Gasteiger partial charge in [-0.15, -0.1) is 0 Å². The summed E-state index contributed by atoms with van der Waals surface area (Å²) in [5, 5.41) is 0. The van der Waals surface area contributed by atoms with E-state index < -0.39 is 0 Å². The first-order valence-electron chi connectivity index (χ1n) is 5.95. The van der Waals surface area contributed by atoms with Crippen LogP contribution in [0.2, 0.25) is 0 Å². The average molecular weight is 212 g/mol. The maximum absolute atomic E-state index is 4.36. The first-order chi connectivity index (χ1) is 7.86. The topological polar surface area (TPSA) is 28.7 Å². The highest BCUT2D eigenvalue weighted by molar-refractivity contribution is 5.42. The van der Waals surface area contributed by atoms with Gasteiger partial charge in [0.25, 0.3) is 0 Å². The van der Waals surface area contributed by atoms with Gasteiger partial charge >= 0.3 is 0 Å². The Balaban J connectivity index is 2.04. The van der Waals surface area contributed by atoms with Gasteiger partial charge in [-0.25, -0.2) is 4.98 Å². The normalized spacial score (nSPS) is 16.1. The van der Waals surface area contributed by atoms with Crippen molar-refractivity contribution in [1.82, 2.24) is 9.97 Å². The van der Waals surface area contributed by atoms with Crippen molar-refractivity contribution in [3.05, 3.63) is 53.1 Å². The summed E-state index contributed by atoms with van der Waals surface area (Å²) in [6, 6.07) is 6.70. The summed E-state index contributed by atoms with van der Waals surface area (Å²) in [6.07, 6.45) is 7.55. The first kappa shape index (κ1) is 9.64. The van der Waals surface area contributed by atoms with Crippen LogP contribution in [0.1, 0.15) is 41.6 Å². The van der Waals surface area contributed by atoms with E-state index in [0.29, 0.717) is 5.92 Å². The molecule has 2 nitrogen and oxygen atoms in total. The summed E-state index contributed by atoms with van der Waals surface area (Å²) >= 11 is 0. The zero-order chi connectivity index (χ0) is 11.0. The van der Waals surface area contributed by atoms with Crippen molar-refractivity contribution < 1.29 is 0 Å². The van der Waals surface area contributed by atoms with Crippen molar-refractivity contribution in [2.45, 2.75) is 32.1 Å². The lowest BCUT2D eigenvalue weighted by molar-refractivity contribution is 0.853. The summed E-state index contributed by atoms with van der Waals surface area (Å²) in [5.41, 5.74) is 5.71. The molecule has 16 heavy (non-hydrogen) atoms. The number of aromatic amines is 1. The van der Waals surface area contributed by atoms with E-state index in [4.69, 9.17) is 0 Å². The molecule has 1 N–H and O–H groups in total. The molecule has 0 saturated heterocycles. The minimum atomic E-state index is 0.402. The van der Waals surface area contributed by atoms with Crippen LogP contribution in [0.3, 0.4) is 0 Å². The molecule has 0 amide bonds. The first-order valence-corrected chi connectivity index (χ1v) is 5.95. The third kappa shape index (κ3) is 1.45. The van der Waals surface area contributed by atoms with Gasteiger partial charge in [-0.1, -0.05) is 25.1 Å². The van der Waals surface area contributed by atoms with Crippen molar-refractivity contribution in [3.8, 4) is 0 Å². The highest BCUT2D eigenvalue weighted by Gasteiger charge is 2.19. The fourth-order valence-electron chi connectivity index (χ4n) is 2.72. The van der Waals surface area contributed by atoms with Crippen LogP contribution in [-0.4, -0.2) is 9.97 Å². The SMILES string of the molecule is CC(c1c[nH]cn1)c1cccc2c1CCC2. The third-order valence-electron chi connectivity index (χ3n) is 3.61. The second kappa shape index (κ2) is 3.78. The lowest BCUT2D eigenvalue weighted by atomic mass is 9.91. The molecule has 0 fully saturated rings. The molecular weight excluding hydrogens is 196 g/mol. The second-order valence-electron chi connectivity index (χ2n) is 4.55. The number of H-pyrrole nitrogens is 1. The fourth-order valence-corrected chi connectivity index (χ4v) is 2.72. The minimum absolute atomic E-state index is 0.402. The number of hydrogen-bond acceptors (Lipinski definition) is 1. The number of aromatic nitrogens is 2. The van der Waals surface area contributed by atoms with Gasteiger partial charge in [-0.3, -0.25) is 0 Å². The van der Waals surface area contributed by atoms with Gasteiger partial charge in [0.1, 0.15) is 0 Å². The molecule has 1 heterocycles. The second-order valence-corrected chi connectivity index (χ2v) is 4.55. The van der Waals surface area contributed by atoms with Crippen LogP contribution in [0.25, 0.3) is 0 Å². The molecule has 1 aliphatic rings. The molecule has 0 saturated carbocycles. The van der Waals surface area contributed by atoms with Gasteiger partial charge in [0.2, 0.25) is 0 Å². The van der Waals surface area contributed by atoms with Crippen LogP contribution in [-0.2, 0) is 12.8 Å². The van der Waals surface area contributed by atoms with Gasteiger partial charge in [-0.2, -0.15) is 0 Å². The van der Waals surface area contributed by atoms with E-state index in [-0.39, 0.29) is 0 Å². The molecule has 0 aliphatic heterocycles. The molecule has 82 valence electrons. The number of nitrogens with zero attached hydrogens (tertiary/aromatic N) is 1. The van der Waals surface area contributed by atoms with Crippen molar-refractivity contribution >= 4 is 0 Å². The van der Waals surface area contributed by atoms with Crippen LogP contribution in [0.5, 0.6) is 0 Å². The largest absolute Gasteiger partial charge is 0.351 e. The minimum Gasteiger partial charge on any atom is -0.351 e. The Kier molecular flexibility index (Phi) is 2.28. The maximum Gasteiger partial charge on any atom is 0.0923 e. The van der Waals surface area contributed by atoms with E-state index in [1.165, 1.54) is 24.8 Å². The van der Waals surface area contributed by atoms with Crippen LogP contribution in [0.15, 0.2) is 30.7 Å². The molecule has 0 radical (unpaired) electrons. The summed E-state index contributed by atoms with van der Waals surface area (Å²) in [5.74, 6) is 0.402. The zero-order valence-corrected chi connectivity index (χ0v) is 9.53. The molecule has 1 atom stereocenters. The number of imidazole rings is 1. The Morgan fingerprint density at radius 2 is 2.25 bits per heavy atom. The fraction of sp³-hybridized carbons (Fsp3) is 0.357. The van der Waals surface area contributed by atoms with E-state index >= 15 is 0 Å². The van der Waals surface area contributed by atoms with Crippen LogP contribution in [0.4, 0.5) is 0 Å². The average Bonchev–Trinajstić information content (AvgIpc) is 2.98. The lowest BCUT2D eigenvalue weighted by Gasteiger charge is -2.14. The number of hydrogen-bond donors (Lipinski definition) is 1. The van der Waals surface area contributed by atoms with Gasteiger partial charge in [-0.05, 0) is 36.0 Å². The maximum atomic E-state index is 4.36. The van der Waals surface area contributed by atoms with Gasteiger partial charge in [0, 0.05) is 12.1 Å². The van der Waals surface area contributed by atoms with Crippen LogP contribution in [0, 0.1) is 0 Å². The molecular formula is C14H16N2. The van der Waals surface area contributed by atoms with Crippen LogP contribution >= 0.6 is 0 Å². The molecule has 1 aromatic heterocycles. The Hall–Kier alpha value is -1.57. The van der Waals surface area contributed by atoms with E-state index in [1.807, 2.05) is 6.20 Å². The van der Waals surface area contributed by atoms with E-state index in [1.54, 1.807) is 17.5 Å². The number of benzene rings is 1. The molecule has 2 aromatic rings. The Morgan fingerprint density at radius 3 is 3.06 bits per heavy atom. The Morgan fingerprint density at radius 1 is 1.31 bits per heavy atom. The van der Waals surface area contributed by atoms with E-state index in [0.717, 1.165) is 5.69 Å². The van der Waals surface area contributed by atoms with Crippen LogP contribution < -0.4 is 0 Å². The zero-order valence-electron chi connectivity index (χ0n) is 9.53. The molecule has 1 aliphatic carbocycles. The van der Waals surface area contributed by atoms with E-state index in [9.17, 15) is 0 Å². The monoisotopic (exact) mass is 212 g/mol. The molecule has 3 rings (SSSR count). The summed E-state index contributed by atoms with van der Waals surface area (Å²) in [6.45, 7) is 2.24. The Bertz CT molecular complexity index is 485. The molecule has 1 unspecified atom stereocenters. The van der Waals surface area contributed by atoms with Gasteiger partial charge in [0.15, 0.2) is 0 Å². The highest BCUT2D eigenvalue weighted by atomic mass is 14.9. The van der Waals surface area contributed by atoms with Crippen molar-refractivity contribution in [2.75, 3.05) is 0 Å². The lowest BCUT2D eigenvalue weighted by Crippen LogP contribution is -2.01. The summed E-state index contributed by atoms with van der Waals surface area (Å²) in [7, 11) is 0. The van der Waals surface area contributed by atoms with Crippen molar-refractivity contribution in [1.29, 1.82) is 0 Å². The smallest absolute Gasteiger partial charge is 0.0923 e. The van der Waals surface area contributed by atoms with Crippen molar-refractivity contribution in [2.24, 2.45) is 0 Å². The van der Waals surface area contributed by atoms with Crippen molar-refractivity contribution in [3.63, 3.8) is 0 Å². The summed E-state index contributed by atoms with van der Waals surface area (Å²) < 4.78 is 0. The predicted molar refractivity (Wildman–Crippen MR) is 64.6 cm³/mol. The quantitative estimate of drug-likeness (QED) is 0.814. The standard InChI is InChI=1S/C14H16N2/c1-10(14-8-15-9-16-14)12-6-2-4-11-5-3-7-13(11)12/h2,4,6,8-10H,3,5,7H2,1H3,(H,15,16). The highest BCUT2D eigenvalue weighted by Crippen LogP contribution is 2.32. The predicted octanol–water partition coefficient (Wildman–Crippen LogP) is 3.05. The molecule has 2 heteroatoms. The van der Waals surface area contributed by atoms with Gasteiger partial charge in [0.05, 0.1) is 12.0 Å². The number of nitrogens with one attached hydrogen (secondary N) is 1. The third-order valence-corrected chi connectivity index (χ3v) is 3.61. The van der Waals surface area contributed by atoms with E-state index in [2.05, 4.69) is 35.1 Å². The Labute approximate surface area is 95.7 Å². The van der Waals surface area contributed by atoms with Gasteiger partial charge < -0.3 is 4.98 Å². The molecule has 1 aromatic carbocycles. The summed E-state index contributed by atoms with van der Waals surface area (Å²) in [4.78, 5) is 7.40. The molecule has 0 bridgehead atoms. The number of aryl methyl sites for hydroxylation is 1. The number of rotatable bonds is 2. The molecule has 0 spiro atoms. The number of fused-ring (bicyclic) bond motifs is 1.